The maximum Gasteiger partial charge on any atom is 0.332 e. The number of carboxylic acid groups (broad SMARTS) is 1. The highest BCUT2D eigenvalue weighted by molar-refractivity contribution is 5.72. The Balaban J connectivity index is 2.08. The van der Waals surface area contributed by atoms with Gasteiger partial charge in [0.25, 0.3) is 0 Å². The van der Waals surface area contributed by atoms with E-state index in [-0.39, 0.29) is 6.10 Å². The van der Waals surface area contributed by atoms with Crippen molar-refractivity contribution in [1.29, 1.82) is 0 Å². The number of nitrogens with zero attached hydrogens (tertiary/aromatic N) is 3. The van der Waals surface area contributed by atoms with Crippen LogP contribution < -0.4 is 0 Å². The number of hydrogen-bond acceptors (Lipinski definition) is 4. The SMILES string of the molecule is CCCn1cnnc1C1CCC(C(=O)O)O1. The normalized spacial score (nSPS) is 24.8. The number of carbonyl (C=O) groups is 1. The summed E-state index contributed by atoms with van der Waals surface area (Å²) in [5.74, 6) is -0.158. The third-order valence-electron chi connectivity index (χ3n) is 2.69. The Kier molecular flexibility index (Phi) is 3.19. The molecule has 0 saturated carbocycles. The highest BCUT2D eigenvalue weighted by Crippen LogP contribution is 2.31. The minimum absolute atomic E-state index is 0.227. The van der Waals surface area contributed by atoms with Crippen LogP contribution in [0.2, 0.25) is 0 Å². The summed E-state index contributed by atoms with van der Waals surface area (Å²) in [6, 6.07) is 0. The van der Waals surface area contributed by atoms with Crippen LogP contribution in [0.4, 0.5) is 0 Å². The summed E-state index contributed by atoms with van der Waals surface area (Å²) in [4.78, 5) is 10.8. The molecule has 2 unspecified atom stereocenters. The smallest absolute Gasteiger partial charge is 0.332 e. The molecule has 0 radical (unpaired) electrons. The number of hydrogen-bond donors (Lipinski definition) is 1. The Morgan fingerprint density at radius 1 is 1.69 bits per heavy atom. The van der Waals surface area contributed by atoms with Gasteiger partial charge in [0.05, 0.1) is 0 Å². The predicted molar refractivity (Wildman–Crippen MR) is 54.8 cm³/mol. The van der Waals surface area contributed by atoms with Crippen molar-refractivity contribution in [3.8, 4) is 0 Å². The molecule has 1 saturated heterocycles. The Morgan fingerprint density at radius 2 is 2.50 bits per heavy atom. The quantitative estimate of drug-likeness (QED) is 0.826. The summed E-state index contributed by atoms with van der Waals surface area (Å²) in [5, 5.41) is 16.7. The molecule has 0 bridgehead atoms. The molecule has 88 valence electrons. The number of aryl methyl sites for hydroxylation is 1. The second-order valence-corrected chi connectivity index (χ2v) is 3.91. The van der Waals surface area contributed by atoms with Gasteiger partial charge in [-0.1, -0.05) is 6.92 Å². The fraction of sp³-hybridized carbons (Fsp3) is 0.700. The van der Waals surface area contributed by atoms with Crippen molar-refractivity contribution in [3.05, 3.63) is 12.2 Å². The van der Waals surface area contributed by atoms with Crippen molar-refractivity contribution in [2.75, 3.05) is 0 Å². The summed E-state index contributed by atoms with van der Waals surface area (Å²) < 4.78 is 7.36. The Bertz CT molecular complexity index is 377. The van der Waals surface area contributed by atoms with Crippen LogP contribution in [0.15, 0.2) is 6.33 Å². The summed E-state index contributed by atoms with van der Waals surface area (Å²) in [6.45, 7) is 2.90. The minimum atomic E-state index is -0.899. The lowest BCUT2D eigenvalue weighted by Crippen LogP contribution is -2.19. The maximum atomic E-state index is 10.8. The molecule has 2 rings (SSSR count). The lowest BCUT2D eigenvalue weighted by atomic mass is 10.2. The Labute approximate surface area is 93.2 Å². The van der Waals surface area contributed by atoms with Crippen LogP contribution in [-0.4, -0.2) is 31.9 Å². The van der Waals surface area contributed by atoms with Crippen LogP contribution in [0.1, 0.15) is 38.1 Å². The van der Waals surface area contributed by atoms with E-state index in [9.17, 15) is 4.79 Å². The van der Waals surface area contributed by atoms with Crippen molar-refractivity contribution >= 4 is 5.97 Å². The van der Waals surface area contributed by atoms with Gasteiger partial charge in [0, 0.05) is 6.54 Å². The topological polar surface area (TPSA) is 77.2 Å². The molecule has 0 aliphatic carbocycles. The van der Waals surface area contributed by atoms with Crippen molar-refractivity contribution in [2.24, 2.45) is 0 Å². The molecule has 6 nitrogen and oxygen atoms in total. The van der Waals surface area contributed by atoms with E-state index in [1.165, 1.54) is 0 Å². The molecule has 2 atom stereocenters. The van der Waals surface area contributed by atoms with Gasteiger partial charge in [0.1, 0.15) is 12.4 Å². The molecule has 2 heterocycles. The van der Waals surface area contributed by atoms with Gasteiger partial charge in [0.15, 0.2) is 11.9 Å². The highest BCUT2D eigenvalue weighted by atomic mass is 16.5. The second kappa shape index (κ2) is 4.61. The first-order chi connectivity index (χ1) is 7.72. The molecule has 0 amide bonds. The lowest BCUT2D eigenvalue weighted by molar-refractivity contribution is -0.149. The van der Waals surface area contributed by atoms with E-state index in [1.807, 2.05) is 4.57 Å². The minimum Gasteiger partial charge on any atom is -0.479 e. The van der Waals surface area contributed by atoms with Crippen LogP contribution in [0.3, 0.4) is 0 Å². The molecule has 1 N–H and O–H groups in total. The molecule has 1 fully saturated rings. The average molecular weight is 225 g/mol. The Hall–Kier alpha value is -1.43. The number of rotatable bonds is 4. The van der Waals surface area contributed by atoms with Crippen LogP contribution >= 0.6 is 0 Å². The van der Waals surface area contributed by atoms with E-state index in [4.69, 9.17) is 9.84 Å². The molecule has 6 heteroatoms. The molecule has 1 aromatic rings. The maximum absolute atomic E-state index is 10.8. The molecule has 1 aromatic heterocycles. The Morgan fingerprint density at radius 3 is 3.12 bits per heavy atom. The van der Waals surface area contributed by atoms with E-state index < -0.39 is 12.1 Å². The standard InChI is InChI=1S/C10H15N3O3/c1-2-5-13-6-11-12-9(13)7-3-4-8(16-7)10(14)15/h6-8H,2-5H2,1H3,(H,14,15). The van der Waals surface area contributed by atoms with Gasteiger partial charge < -0.3 is 14.4 Å². The average Bonchev–Trinajstić information content (AvgIpc) is 2.84. The van der Waals surface area contributed by atoms with E-state index in [1.54, 1.807) is 6.33 Å². The highest BCUT2D eigenvalue weighted by Gasteiger charge is 2.33. The molecule has 0 spiro atoms. The van der Waals surface area contributed by atoms with Gasteiger partial charge in [0.2, 0.25) is 0 Å². The van der Waals surface area contributed by atoms with Gasteiger partial charge in [-0.25, -0.2) is 4.79 Å². The molecule has 1 aliphatic heterocycles. The van der Waals surface area contributed by atoms with Crippen LogP contribution in [-0.2, 0) is 16.1 Å². The summed E-state index contributed by atoms with van der Waals surface area (Å²) >= 11 is 0. The fourth-order valence-electron chi connectivity index (χ4n) is 1.94. The van der Waals surface area contributed by atoms with Crippen molar-refractivity contribution < 1.29 is 14.6 Å². The third-order valence-corrected chi connectivity index (χ3v) is 2.69. The molecule has 0 aromatic carbocycles. The first kappa shape index (κ1) is 11.1. The van der Waals surface area contributed by atoms with Gasteiger partial charge in [-0.3, -0.25) is 0 Å². The number of aromatic nitrogens is 3. The van der Waals surface area contributed by atoms with Crippen LogP contribution in [0.25, 0.3) is 0 Å². The zero-order valence-electron chi connectivity index (χ0n) is 9.17. The summed E-state index contributed by atoms with van der Waals surface area (Å²) in [7, 11) is 0. The number of aliphatic carboxylic acids is 1. The van der Waals surface area contributed by atoms with E-state index in [0.29, 0.717) is 12.8 Å². The van der Waals surface area contributed by atoms with Crippen molar-refractivity contribution in [3.63, 3.8) is 0 Å². The van der Waals surface area contributed by atoms with Gasteiger partial charge in [-0.2, -0.15) is 0 Å². The number of carboxylic acids is 1. The van der Waals surface area contributed by atoms with Crippen LogP contribution in [0, 0.1) is 0 Å². The first-order valence-electron chi connectivity index (χ1n) is 5.48. The van der Waals surface area contributed by atoms with E-state index in [0.717, 1.165) is 18.8 Å². The van der Waals surface area contributed by atoms with Crippen molar-refractivity contribution in [2.45, 2.75) is 44.9 Å². The molecular formula is C10H15N3O3. The van der Waals surface area contributed by atoms with E-state index in [2.05, 4.69) is 17.1 Å². The molecular weight excluding hydrogens is 210 g/mol. The largest absolute Gasteiger partial charge is 0.479 e. The number of ether oxygens (including phenoxy) is 1. The zero-order valence-corrected chi connectivity index (χ0v) is 9.17. The summed E-state index contributed by atoms with van der Waals surface area (Å²) in [5.41, 5.74) is 0. The van der Waals surface area contributed by atoms with E-state index >= 15 is 0 Å². The lowest BCUT2D eigenvalue weighted by Gasteiger charge is -2.11. The summed E-state index contributed by atoms with van der Waals surface area (Å²) in [6.07, 6.45) is 2.96. The monoisotopic (exact) mass is 225 g/mol. The fourth-order valence-corrected chi connectivity index (χ4v) is 1.94. The molecule has 1 aliphatic rings. The van der Waals surface area contributed by atoms with Crippen molar-refractivity contribution in [1.82, 2.24) is 14.8 Å². The predicted octanol–water partition coefficient (Wildman–Crippen LogP) is 0.993. The third kappa shape index (κ3) is 2.06. The molecule has 16 heavy (non-hydrogen) atoms. The first-order valence-corrected chi connectivity index (χ1v) is 5.48. The van der Waals surface area contributed by atoms with Gasteiger partial charge in [-0.15, -0.1) is 10.2 Å². The second-order valence-electron chi connectivity index (χ2n) is 3.91. The van der Waals surface area contributed by atoms with Gasteiger partial charge >= 0.3 is 5.97 Å². The van der Waals surface area contributed by atoms with Gasteiger partial charge in [-0.05, 0) is 19.3 Å². The zero-order chi connectivity index (χ0) is 11.5. The van der Waals surface area contributed by atoms with Crippen LogP contribution in [0.5, 0.6) is 0 Å².